The second kappa shape index (κ2) is 6.22. The number of hydrogen-bond donors (Lipinski definition) is 3. The molecule has 4 N–H and O–H groups in total. The van der Waals surface area contributed by atoms with Crippen LogP contribution < -0.4 is 11.1 Å². The van der Waals surface area contributed by atoms with Gasteiger partial charge in [0, 0.05) is 30.2 Å². The highest BCUT2D eigenvalue weighted by Gasteiger charge is 2.04. The molecule has 0 aliphatic heterocycles. The summed E-state index contributed by atoms with van der Waals surface area (Å²) in [5.74, 6) is 0.248. The van der Waals surface area contributed by atoms with Gasteiger partial charge in [-0.05, 0) is 36.6 Å². The van der Waals surface area contributed by atoms with E-state index in [-0.39, 0.29) is 5.82 Å². The minimum absolute atomic E-state index is 0.217. The van der Waals surface area contributed by atoms with Crippen molar-refractivity contribution in [3.63, 3.8) is 0 Å². The molecule has 0 bridgehead atoms. The summed E-state index contributed by atoms with van der Waals surface area (Å²) in [7, 11) is 0. The van der Waals surface area contributed by atoms with Crippen LogP contribution in [0.5, 0.6) is 0 Å². The number of fused-ring (bicyclic) bond motifs is 1. The fraction of sp³-hybridized carbons (Fsp3) is 0.357. The minimum atomic E-state index is -0.217. The van der Waals surface area contributed by atoms with Crippen LogP contribution in [-0.2, 0) is 6.42 Å². The van der Waals surface area contributed by atoms with E-state index < -0.39 is 0 Å². The van der Waals surface area contributed by atoms with Gasteiger partial charge < -0.3 is 16.0 Å². The number of nitrogens with zero attached hydrogens (tertiary/aromatic N) is 1. The van der Waals surface area contributed by atoms with Crippen LogP contribution in [0.4, 0.5) is 4.39 Å². The maximum Gasteiger partial charge on any atom is 0.188 e. The maximum atomic E-state index is 13.2. The van der Waals surface area contributed by atoms with Gasteiger partial charge in [-0.15, -0.1) is 0 Å². The monoisotopic (exact) mass is 262 g/mol. The van der Waals surface area contributed by atoms with E-state index in [4.69, 9.17) is 5.73 Å². The Kier molecular flexibility index (Phi) is 4.39. The number of halogens is 1. The first-order valence-corrected chi connectivity index (χ1v) is 6.50. The molecule has 0 atom stereocenters. The van der Waals surface area contributed by atoms with Crippen molar-refractivity contribution in [3.05, 3.63) is 35.8 Å². The van der Waals surface area contributed by atoms with Crippen LogP contribution in [0.1, 0.15) is 18.9 Å². The Bertz CT molecular complexity index is 574. The molecule has 0 aliphatic carbocycles. The molecule has 2 rings (SSSR count). The molecule has 0 saturated carbocycles. The molecule has 102 valence electrons. The lowest BCUT2D eigenvalue weighted by Gasteiger charge is -2.04. The van der Waals surface area contributed by atoms with Crippen molar-refractivity contribution in [2.75, 3.05) is 13.1 Å². The van der Waals surface area contributed by atoms with Gasteiger partial charge in [0.1, 0.15) is 5.82 Å². The zero-order valence-corrected chi connectivity index (χ0v) is 11.0. The molecule has 0 amide bonds. The molecule has 0 aliphatic rings. The maximum absolute atomic E-state index is 13.2. The Hall–Kier alpha value is -2.04. The van der Waals surface area contributed by atoms with E-state index in [0.717, 1.165) is 35.9 Å². The molecule has 0 saturated heterocycles. The van der Waals surface area contributed by atoms with Crippen molar-refractivity contribution in [1.29, 1.82) is 0 Å². The summed E-state index contributed by atoms with van der Waals surface area (Å²) in [5, 5.41) is 3.98. The molecule has 0 spiro atoms. The van der Waals surface area contributed by atoms with Crippen LogP contribution in [0.25, 0.3) is 10.9 Å². The molecule has 0 radical (unpaired) electrons. The molecule has 1 aromatic carbocycles. The van der Waals surface area contributed by atoms with E-state index in [2.05, 4.69) is 22.2 Å². The predicted octanol–water partition coefficient (Wildman–Crippen LogP) is 2.16. The summed E-state index contributed by atoms with van der Waals surface area (Å²) in [5.41, 5.74) is 7.73. The number of rotatable bonds is 5. The summed E-state index contributed by atoms with van der Waals surface area (Å²) in [6, 6.07) is 4.75. The summed E-state index contributed by atoms with van der Waals surface area (Å²) in [6.45, 7) is 3.47. The molecule has 0 fully saturated rings. The zero-order valence-electron chi connectivity index (χ0n) is 11.0. The second-order valence-corrected chi connectivity index (χ2v) is 4.45. The second-order valence-electron chi connectivity index (χ2n) is 4.45. The quantitative estimate of drug-likeness (QED) is 0.571. The number of aromatic nitrogens is 1. The molecule has 4 nitrogen and oxygen atoms in total. The van der Waals surface area contributed by atoms with E-state index in [9.17, 15) is 4.39 Å². The van der Waals surface area contributed by atoms with Crippen LogP contribution in [0.15, 0.2) is 29.4 Å². The number of aromatic amines is 1. The molecule has 1 heterocycles. The number of nitrogens with two attached hydrogens (primary N) is 1. The first-order valence-electron chi connectivity index (χ1n) is 6.50. The predicted molar refractivity (Wildman–Crippen MR) is 76.7 cm³/mol. The van der Waals surface area contributed by atoms with Crippen LogP contribution in [0.3, 0.4) is 0 Å². The van der Waals surface area contributed by atoms with Gasteiger partial charge in [-0.3, -0.25) is 4.99 Å². The van der Waals surface area contributed by atoms with Crippen molar-refractivity contribution in [2.45, 2.75) is 19.8 Å². The third-order valence-corrected chi connectivity index (χ3v) is 2.94. The molecule has 5 heteroatoms. The van der Waals surface area contributed by atoms with Crippen molar-refractivity contribution in [2.24, 2.45) is 10.7 Å². The van der Waals surface area contributed by atoms with E-state index in [0.29, 0.717) is 12.5 Å². The third-order valence-electron chi connectivity index (χ3n) is 2.94. The molecule has 0 unspecified atom stereocenters. The summed E-state index contributed by atoms with van der Waals surface area (Å²) in [4.78, 5) is 7.29. The fourth-order valence-electron chi connectivity index (χ4n) is 1.97. The van der Waals surface area contributed by atoms with Gasteiger partial charge in [0.05, 0.1) is 0 Å². The van der Waals surface area contributed by atoms with E-state index in [1.807, 2.05) is 6.20 Å². The molecular formula is C14H19FN4. The van der Waals surface area contributed by atoms with Crippen molar-refractivity contribution in [1.82, 2.24) is 10.3 Å². The Morgan fingerprint density at radius 3 is 3.11 bits per heavy atom. The third kappa shape index (κ3) is 3.47. The Balaban J connectivity index is 1.96. The normalized spacial score (nSPS) is 12.0. The van der Waals surface area contributed by atoms with Crippen LogP contribution >= 0.6 is 0 Å². The van der Waals surface area contributed by atoms with Crippen molar-refractivity contribution < 1.29 is 4.39 Å². The lowest BCUT2D eigenvalue weighted by atomic mass is 10.1. The number of H-pyrrole nitrogens is 1. The molecule has 2 aromatic rings. The fourth-order valence-corrected chi connectivity index (χ4v) is 1.97. The molecule has 19 heavy (non-hydrogen) atoms. The standard InChI is InChI=1S/C14H19FN4/c1-2-6-17-14(16)18-7-5-10-9-19-13-4-3-11(15)8-12(10)13/h3-4,8-9,19H,2,5-7H2,1H3,(H3,16,17,18). The highest BCUT2D eigenvalue weighted by atomic mass is 19.1. The molecule has 1 aromatic heterocycles. The number of aliphatic imine (C=N–C) groups is 1. The van der Waals surface area contributed by atoms with Gasteiger partial charge >= 0.3 is 0 Å². The van der Waals surface area contributed by atoms with Crippen LogP contribution in [-0.4, -0.2) is 24.0 Å². The topological polar surface area (TPSA) is 66.2 Å². The SMILES string of the molecule is CCCN=C(N)NCCc1c[nH]c2ccc(F)cc12. The Morgan fingerprint density at radius 1 is 1.47 bits per heavy atom. The lowest BCUT2D eigenvalue weighted by Crippen LogP contribution is -2.33. The minimum Gasteiger partial charge on any atom is -0.370 e. The summed E-state index contributed by atoms with van der Waals surface area (Å²) < 4.78 is 13.2. The number of guanidine groups is 1. The van der Waals surface area contributed by atoms with Crippen molar-refractivity contribution in [3.8, 4) is 0 Å². The van der Waals surface area contributed by atoms with E-state index in [1.165, 1.54) is 6.07 Å². The van der Waals surface area contributed by atoms with E-state index in [1.54, 1.807) is 12.1 Å². The van der Waals surface area contributed by atoms with Gasteiger partial charge in [0.25, 0.3) is 0 Å². The van der Waals surface area contributed by atoms with Gasteiger partial charge in [0.15, 0.2) is 5.96 Å². The van der Waals surface area contributed by atoms with Gasteiger partial charge in [-0.2, -0.15) is 0 Å². The van der Waals surface area contributed by atoms with Crippen LogP contribution in [0.2, 0.25) is 0 Å². The Morgan fingerprint density at radius 2 is 2.32 bits per heavy atom. The molecular weight excluding hydrogens is 243 g/mol. The zero-order chi connectivity index (χ0) is 13.7. The summed E-state index contributed by atoms with van der Waals surface area (Å²) >= 11 is 0. The van der Waals surface area contributed by atoms with E-state index >= 15 is 0 Å². The van der Waals surface area contributed by atoms with Gasteiger partial charge in [-0.25, -0.2) is 4.39 Å². The number of benzene rings is 1. The summed E-state index contributed by atoms with van der Waals surface area (Å²) in [6.07, 6.45) is 3.65. The smallest absolute Gasteiger partial charge is 0.188 e. The number of hydrogen-bond acceptors (Lipinski definition) is 1. The Labute approximate surface area is 111 Å². The van der Waals surface area contributed by atoms with Gasteiger partial charge in [-0.1, -0.05) is 6.92 Å². The first kappa shape index (κ1) is 13.4. The average molecular weight is 262 g/mol. The lowest BCUT2D eigenvalue weighted by molar-refractivity contribution is 0.629. The largest absolute Gasteiger partial charge is 0.370 e. The first-order chi connectivity index (χ1) is 9.20. The van der Waals surface area contributed by atoms with Crippen molar-refractivity contribution >= 4 is 16.9 Å². The average Bonchev–Trinajstić information content (AvgIpc) is 2.79. The van der Waals surface area contributed by atoms with Gasteiger partial charge in [0.2, 0.25) is 0 Å². The van der Waals surface area contributed by atoms with Crippen LogP contribution in [0, 0.1) is 5.82 Å². The highest BCUT2D eigenvalue weighted by Crippen LogP contribution is 2.19. The number of nitrogens with one attached hydrogen (secondary N) is 2. The highest BCUT2D eigenvalue weighted by molar-refractivity contribution is 5.83.